The number of benzene rings is 2. The zero-order chi connectivity index (χ0) is 18.2. The van der Waals surface area contributed by atoms with Gasteiger partial charge in [0.2, 0.25) is 0 Å². The van der Waals surface area contributed by atoms with Crippen molar-refractivity contribution in [2.45, 2.75) is 19.9 Å². The number of hydrogen-bond acceptors (Lipinski definition) is 3. The van der Waals surface area contributed by atoms with E-state index in [4.69, 9.17) is 16.3 Å². The van der Waals surface area contributed by atoms with Gasteiger partial charge in [-0.25, -0.2) is 4.79 Å². The molecule has 0 heterocycles. The number of esters is 1. The first-order valence-corrected chi connectivity index (χ1v) is 8.29. The molecule has 25 heavy (non-hydrogen) atoms. The third-order valence-corrected chi connectivity index (χ3v) is 3.93. The average molecular weight is 358 g/mol. The molecule has 0 saturated carbocycles. The van der Waals surface area contributed by atoms with Crippen LogP contribution in [0.4, 0.5) is 0 Å². The summed E-state index contributed by atoms with van der Waals surface area (Å²) in [6.45, 7) is 3.48. The quantitative estimate of drug-likeness (QED) is 0.626. The van der Waals surface area contributed by atoms with Crippen molar-refractivity contribution in [2.75, 3.05) is 6.61 Å². The second-order valence-corrected chi connectivity index (χ2v) is 6.07. The first kappa shape index (κ1) is 18.7. The molecule has 5 heteroatoms. The lowest BCUT2D eigenvalue weighted by Crippen LogP contribution is -2.30. The minimum Gasteiger partial charge on any atom is -0.452 e. The Morgan fingerprint density at radius 3 is 2.52 bits per heavy atom. The number of carbonyl (C=O) groups excluding carboxylic acids is 2. The fourth-order valence-corrected chi connectivity index (χ4v) is 2.36. The van der Waals surface area contributed by atoms with Crippen molar-refractivity contribution in [3.63, 3.8) is 0 Å². The lowest BCUT2D eigenvalue weighted by atomic mass is 10.1. The molecule has 0 spiro atoms. The van der Waals surface area contributed by atoms with Crippen LogP contribution >= 0.6 is 11.6 Å². The van der Waals surface area contributed by atoms with Crippen molar-refractivity contribution in [3.05, 3.63) is 76.3 Å². The molecule has 4 nitrogen and oxygen atoms in total. The molecule has 0 radical (unpaired) electrons. The van der Waals surface area contributed by atoms with E-state index in [0.717, 1.165) is 16.7 Å². The van der Waals surface area contributed by atoms with E-state index in [-0.39, 0.29) is 18.6 Å². The molecule has 0 unspecified atom stereocenters. The lowest BCUT2D eigenvalue weighted by molar-refractivity contribution is -0.144. The second-order valence-electron chi connectivity index (χ2n) is 5.64. The van der Waals surface area contributed by atoms with Crippen molar-refractivity contribution < 1.29 is 14.3 Å². The van der Waals surface area contributed by atoms with E-state index < -0.39 is 5.97 Å². The van der Waals surface area contributed by atoms with Gasteiger partial charge in [0.05, 0.1) is 6.04 Å². The van der Waals surface area contributed by atoms with Gasteiger partial charge in [-0.15, -0.1) is 0 Å². The van der Waals surface area contributed by atoms with Gasteiger partial charge in [-0.05, 0) is 48.7 Å². The molecule has 130 valence electrons. The normalized spacial score (nSPS) is 12.0. The summed E-state index contributed by atoms with van der Waals surface area (Å²) in [5.41, 5.74) is 2.91. The maximum atomic E-state index is 11.9. The van der Waals surface area contributed by atoms with Gasteiger partial charge >= 0.3 is 5.97 Å². The summed E-state index contributed by atoms with van der Waals surface area (Å²) >= 11 is 5.84. The zero-order valence-electron chi connectivity index (χ0n) is 14.2. The highest BCUT2D eigenvalue weighted by atomic mass is 35.5. The summed E-state index contributed by atoms with van der Waals surface area (Å²) < 4.78 is 4.96. The predicted molar refractivity (Wildman–Crippen MR) is 99.2 cm³/mol. The molecule has 1 atom stereocenters. The van der Waals surface area contributed by atoms with Crippen LogP contribution in [-0.2, 0) is 14.3 Å². The first-order chi connectivity index (χ1) is 12.0. The van der Waals surface area contributed by atoms with E-state index in [2.05, 4.69) is 5.32 Å². The number of rotatable bonds is 6. The van der Waals surface area contributed by atoms with Gasteiger partial charge in [-0.2, -0.15) is 0 Å². The summed E-state index contributed by atoms with van der Waals surface area (Å²) in [4.78, 5) is 23.6. The first-order valence-electron chi connectivity index (χ1n) is 7.91. The van der Waals surface area contributed by atoms with Crippen LogP contribution in [0, 0.1) is 6.92 Å². The van der Waals surface area contributed by atoms with Crippen LogP contribution < -0.4 is 5.32 Å². The van der Waals surface area contributed by atoms with Gasteiger partial charge in [0, 0.05) is 11.1 Å². The Morgan fingerprint density at radius 2 is 1.84 bits per heavy atom. The van der Waals surface area contributed by atoms with Gasteiger partial charge in [0.25, 0.3) is 5.91 Å². The Labute approximate surface area is 152 Å². The van der Waals surface area contributed by atoms with Gasteiger partial charge < -0.3 is 10.1 Å². The number of ether oxygens (including phenoxy) is 1. The molecule has 0 aliphatic heterocycles. The van der Waals surface area contributed by atoms with E-state index in [1.54, 1.807) is 18.2 Å². The molecule has 2 aromatic rings. The minimum atomic E-state index is -0.558. The number of nitrogens with one attached hydrogen (secondary N) is 1. The molecule has 0 aliphatic carbocycles. The molecular weight excluding hydrogens is 338 g/mol. The highest BCUT2D eigenvalue weighted by molar-refractivity contribution is 6.30. The maximum absolute atomic E-state index is 11.9. The number of halogens is 1. The molecule has 0 fully saturated rings. The van der Waals surface area contributed by atoms with E-state index in [0.29, 0.717) is 5.02 Å². The van der Waals surface area contributed by atoms with Crippen molar-refractivity contribution in [2.24, 2.45) is 0 Å². The standard InChI is InChI=1S/C20H20ClNO3/c1-14-5-3-4-6-16(14)9-12-20(24)25-13-19(23)22-15(2)17-7-10-18(21)11-8-17/h3-12,15H,13H2,1-2H3,(H,22,23)/b12-9+/t15-/m0/s1. The number of aryl methyl sites for hydroxylation is 1. The van der Waals surface area contributed by atoms with Crippen molar-refractivity contribution >= 4 is 29.6 Å². The summed E-state index contributed by atoms with van der Waals surface area (Å²) in [5.74, 6) is -0.919. The van der Waals surface area contributed by atoms with Gasteiger partial charge in [0.15, 0.2) is 6.61 Å². The maximum Gasteiger partial charge on any atom is 0.331 e. The van der Waals surface area contributed by atoms with Crippen LogP contribution in [-0.4, -0.2) is 18.5 Å². The van der Waals surface area contributed by atoms with Crippen LogP contribution in [0.5, 0.6) is 0 Å². The monoisotopic (exact) mass is 357 g/mol. The zero-order valence-corrected chi connectivity index (χ0v) is 14.9. The number of hydrogen-bond donors (Lipinski definition) is 1. The molecule has 1 N–H and O–H groups in total. The Morgan fingerprint density at radius 1 is 1.16 bits per heavy atom. The van der Waals surface area contributed by atoms with Crippen LogP contribution in [0.15, 0.2) is 54.6 Å². The molecule has 0 aliphatic rings. The lowest BCUT2D eigenvalue weighted by Gasteiger charge is -2.14. The van der Waals surface area contributed by atoms with Gasteiger partial charge in [-0.1, -0.05) is 48.0 Å². The fraction of sp³-hybridized carbons (Fsp3) is 0.200. The van der Waals surface area contributed by atoms with Crippen LogP contribution in [0.1, 0.15) is 29.7 Å². The van der Waals surface area contributed by atoms with Crippen molar-refractivity contribution in [3.8, 4) is 0 Å². The SMILES string of the molecule is Cc1ccccc1/C=C/C(=O)OCC(=O)N[C@@H](C)c1ccc(Cl)cc1. The summed E-state index contributed by atoms with van der Waals surface area (Å²) in [6, 6.07) is 14.7. The summed E-state index contributed by atoms with van der Waals surface area (Å²) in [5, 5.41) is 3.41. The van der Waals surface area contributed by atoms with Gasteiger partial charge in [-0.3, -0.25) is 4.79 Å². The molecule has 0 aromatic heterocycles. The minimum absolute atomic E-state index is 0.203. The third-order valence-electron chi connectivity index (χ3n) is 3.68. The highest BCUT2D eigenvalue weighted by Gasteiger charge is 2.11. The molecule has 1 amide bonds. The van der Waals surface area contributed by atoms with Crippen LogP contribution in [0.25, 0.3) is 6.08 Å². The summed E-state index contributed by atoms with van der Waals surface area (Å²) in [6.07, 6.45) is 2.99. The topological polar surface area (TPSA) is 55.4 Å². The Hall–Kier alpha value is -2.59. The smallest absolute Gasteiger partial charge is 0.331 e. The van der Waals surface area contributed by atoms with E-state index >= 15 is 0 Å². The highest BCUT2D eigenvalue weighted by Crippen LogP contribution is 2.15. The molecule has 0 bridgehead atoms. The Kier molecular flexibility index (Phi) is 6.78. The van der Waals surface area contributed by atoms with Crippen LogP contribution in [0.2, 0.25) is 5.02 Å². The molecule has 2 aromatic carbocycles. The van der Waals surface area contributed by atoms with E-state index in [1.165, 1.54) is 6.08 Å². The van der Waals surface area contributed by atoms with Crippen molar-refractivity contribution in [1.82, 2.24) is 5.32 Å². The number of carbonyl (C=O) groups is 2. The molecule has 2 rings (SSSR count). The average Bonchev–Trinajstić information content (AvgIpc) is 2.59. The second kappa shape index (κ2) is 9.04. The van der Waals surface area contributed by atoms with Crippen molar-refractivity contribution in [1.29, 1.82) is 0 Å². The van der Waals surface area contributed by atoms with E-state index in [9.17, 15) is 9.59 Å². The largest absolute Gasteiger partial charge is 0.452 e. The Bertz CT molecular complexity index is 769. The Balaban J connectivity index is 1.80. The van der Waals surface area contributed by atoms with E-state index in [1.807, 2.05) is 50.2 Å². The molecular formula is C20H20ClNO3. The van der Waals surface area contributed by atoms with Crippen LogP contribution in [0.3, 0.4) is 0 Å². The van der Waals surface area contributed by atoms with Gasteiger partial charge in [0.1, 0.15) is 0 Å². The fourth-order valence-electron chi connectivity index (χ4n) is 2.23. The third kappa shape index (κ3) is 6.08. The number of amides is 1. The molecule has 0 saturated heterocycles. The predicted octanol–water partition coefficient (Wildman–Crippen LogP) is 4.08. The summed E-state index contributed by atoms with van der Waals surface area (Å²) in [7, 11) is 0.